The number of rotatable bonds is 8. The van der Waals surface area contributed by atoms with Gasteiger partial charge in [0.25, 0.3) is 5.91 Å². The van der Waals surface area contributed by atoms with E-state index in [-0.39, 0.29) is 37.2 Å². The summed E-state index contributed by atoms with van der Waals surface area (Å²) in [6, 6.07) is 7.79. The van der Waals surface area contributed by atoms with Crippen LogP contribution in [0.3, 0.4) is 0 Å². The third kappa shape index (κ3) is 4.10. The fourth-order valence-corrected chi connectivity index (χ4v) is 2.85. The normalized spacial score (nSPS) is 13.8. The van der Waals surface area contributed by atoms with E-state index in [2.05, 4.69) is 5.32 Å². The lowest BCUT2D eigenvalue weighted by Crippen LogP contribution is -2.31. The van der Waals surface area contributed by atoms with Crippen molar-refractivity contribution in [2.75, 3.05) is 6.61 Å². The van der Waals surface area contributed by atoms with Crippen molar-refractivity contribution in [2.24, 2.45) is 0 Å². The largest absolute Gasteiger partial charge is 0.456 e. The summed E-state index contributed by atoms with van der Waals surface area (Å²) < 4.78 is 8.31. The van der Waals surface area contributed by atoms with Gasteiger partial charge in [-0.25, -0.2) is 4.79 Å². The van der Waals surface area contributed by atoms with Crippen molar-refractivity contribution in [1.29, 1.82) is 0 Å². The molecular weight excluding hydrogens is 322 g/mol. The Balaban J connectivity index is 1.62. The summed E-state index contributed by atoms with van der Waals surface area (Å²) in [6.45, 7) is 2.63. The van der Waals surface area contributed by atoms with E-state index in [0.717, 1.165) is 30.3 Å². The minimum atomic E-state index is -0.481. The fourth-order valence-electron chi connectivity index (χ4n) is 2.85. The summed E-state index contributed by atoms with van der Waals surface area (Å²) in [5.74, 6) is -0.752. The van der Waals surface area contributed by atoms with Crippen molar-refractivity contribution in [3.63, 3.8) is 0 Å². The highest BCUT2D eigenvalue weighted by atomic mass is 16.5. The zero-order valence-corrected chi connectivity index (χ0v) is 14.4. The Morgan fingerprint density at radius 1 is 1.16 bits per heavy atom. The second-order valence-corrected chi connectivity index (χ2v) is 6.33. The monoisotopic (exact) mass is 345 g/mol. The molecule has 2 aromatic rings. The second kappa shape index (κ2) is 7.55. The minimum absolute atomic E-state index is 0.0523. The average Bonchev–Trinajstić information content (AvgIpc) is 3.38. The molecule has 1 aliphatic rings. The molecule has 0 bridgehead atoms. The molecule has 1 aromatic carbocycles. The van der Waals surface area contributed by atoms with Crippen LogP contribution >= 0.6 is 0 Å². The molecule has 1 amide bonds. The molecular formula is C18H23N3O4. The summed E-state index contributed by atoms with van der Waals surface area (Å²) in [4.78, 5) is 36.0. The lowest BCUT2D eigenvalue weighted by molar-refractivity contribution is -0.148. The van der Waals surface area contributed by atoms with E-state index in [1.54, 1.807) is 9.13 Å². The molecule has 0 spiro atoms. The minimum Gasteiger partial charge on any atom is -0.456 e. The molecule has 7 nitrogen and oxygen atoms in total. The van der Waals surface area contributed by atoms with E-state index in [4.69, 9.17) is 4.74 Å². The standard InChI is InChI=1S/C18H23N3O4/c1-2-10-20-14-5-3-4-6-15(14)21(18(20)24)11-9-17(23)25-12-16(22)19-13-7-8-13/h3-6,13H,2,7-12H2,1H3,(H,19,22). The average molecular weight is 345 g/mol. The third-order valence-corrected chi connectivity index (χ3v) is 4.22. The van der Waals surface area contributed by atoms with E-state index in [1.165, 1.54) is 0 Å². The molecule has 0 atom stereocenters. The molecule has 1 heterocycles. The number of para-hydroxylation sites is 2. The Bertz CT molecular complexity index is 832. The Morgan fingerprint density at radius 2 is 1.80 bits per heavy atom. The van der Waals surface area contributed by atoms with Crippen LogP contribution in [0.25, 0.3) is 11.0 Å². The van der Waals surface area contributed by atoms with Crippen LogP contribution in [0.1, 0.15) is 32.6 Å². The highest BCUT2D eigenvalue weighted by Crippen LogP contribution is 2.18. The molecule has 1 aromatic heterocycles. The number of hydrogen-bond acceptors (Lipinski definition) is 4. The zero-order valence-electron chi connectivity index (χ0n) is 14.4. The smallest absolute Gasteiger partial charge is 0.329 e. The maximum Gasteiger partial charge on any atom is 0.329 e. The van der Waals surface area contributed by atoms with Gasteiger partial charge in [-0.1, -0.05) is 19.1 Å². The number of hydrogen-bond donors (Lipinski definition) is 1. The van der Waals surface area contributed by atoms with Crippen molar-refractivity contribution in [3.8, 4) is 0 Å². The summed E-state index contributed by atoms with van der Waals surface area (Å²) in [7, 11) is 0. The molecule has 134 valence electrons. The first-order valence-electron chi connectivity index (χ1n) is 8.73. The molecule has 1 aliphatic carbocycles. The van der Waals surface area contributed by atoms with Crippen LogP contribution in [0.15, 0.2) is 29.1 Å². The number of carbonyl (C=O) groups excluding carboxylic acids is 2. The molecule has 3 rings (SSSR count). The molecule has 25 heavy (non-hydrogen) atoms. The van der Waals surface area contributed by atoms with E-state index < -0.39 is 5.97 Å². The van der Waals surface area contributed by atoms with Crippen molar-refractivity contribution < 1.29 is 14.3 Å². The molecule has 1 saturated carbocycles. The number of benzene rings is 1. The number of esters is 1. The number of imidazole rings is 1. The van der Waals surface area contributed by atoms with Gasteiger partial charge in [-0.05, 0) is 31.4 Å². The predicted molar refractivity (Wildman–Crippen MR) is 93.2 cm³/mol. The summed E-state index contributed by atoms with van der Waals surface area (Å²) in [5.41, 5.74) is 1.55. The summed E-state index contributed by atoms with van der Waals surface area (Å²) >= 11 is 0. The van der Waals surface area contributed by atoms with Crippen LogP contribution in [-0.2, 0) is 27.4 Å². The summed E-state index contributed by atoms with van der Waals surface area (Å²) in [5, 5.41) is 2.76. The maximum absolute atomic E-state index is 12.6. The van der Waals surface area contributed by atoms with E-state index in [0.29, 0.717) is 6.54 Å². The zero-order chi connectivity index (χ0) is 17.8. The number of aryl methyl sites for hydroxylation is 2. The Morgan fingerprint density at radius 3 is 2.40 bits per heavy atom. The first-order valence-corrected chi connectivity index (χ1v) is 8.73. The van der Waals surface area contributed by atoms with Crippen LogP contribution in [0.2, 0.25) is 0 Å². The van der Waals surface area contributed by atoms with Crippen LogP contribution in [0.4, 0.5) is 0 Å². The van der Waals surface area contributed by atoms with Gasteiger partial charge < -0.3 is 10.1 Å². The molecule has 0 aliphatic heterocycles. The number of amides is 1. The number of aromatic nitrogens is 2. The van der Waals surface area contributed by atoms with Crippen molar-refractivity contribution >= 4 is 22.9 Å². The molecule has 1 N–H and O–H groups in total. The predicted octanol–water partition coefficient (Wildman–Crippen LogP) is 1.42. The summed E-state index contributed by atoms with van der Waals surface area (Å²) in [6.07, 6.45) is 2.89. The lowest BCUT2D eigenvalue weighted by Gasteiger charge is -2.06. The quantitative estimate of drug-likeness (QED) is 0.734. The van der Waals surface area contributed by atoms with Gasteiger partial charge in [-0.2, -0.15) is 0 Å². The topological polar surface area (TPSA) is 82.3 Å². The van der Waals surface area contributed by atoms with Gasteiger partial charge in [-0.3, -0.25) is 18.7 Å². The number of carbonyl (C=O) groups is 2. The number of ether oxygens (including phenoxy) is 1. The molecule has 0 radical (unpaired) electrons. The van der Waals surface area contributed by atoms with Crippen LogP contribution in [0.5, 0.6) is 0 Å². The maximum atomic E-state index is 12.6. The van der Waals surface area contributed by atoms with Crippen LogP contribution < -0.4 is 11.0 Å². The number of nitrogens with zero attached hydrogens (tertiary/aromatic N) is 2. The molecule has 0 unspecified atom stereocenters. The van der Waals surface area contributed by atoms with Crippen LogP contribution in [0, 0.1) is 0 Å². The Labute approximate surface area is 145 Å². The first kappa shape index (κ1) is 17.3. The van der Waals surface area contributed by atoms with Gasteiger partial charge in [0.2, 0.25) is 0 Å². The van der Waals surface area contributed by atoms with Crippen molar-refractivity contribution in [2.45, 2.75) is 51.7 Å². The van der Waals surface area contributed by atoms with E-state index >= 15 is 0 Å². The van der Waals surface area contributed by atoms with E-state index in [9.17, 15) is 14.4 Å². The van der Waals surface area contributed by atoms with Gasteiger partial charge >= 0.3 is 11.7 Å². The Kier molecular flexibility index (Phi) is 5.21. The third-order valence-electron chi connectivity index (χ3n) is 4.22. The molecule has 7 heteroatoms. The second-order valence-electron chi connectivity index (χ2n) is 6.33. The first-order chi connectivity index (χ1) is 12.1. The molecule has 0 saturated heterocycles. The van der Waals surface area contributed by atoms with Crippen LogP contribution in [-0.4, -0.2) is 33.7 Å². The van der Waals surface area contributed by atoms with Crippen molar-refractivity contribution in [3.05, 3.63) is 34.7 Å². The molecule has 1 fully saturated rings. The SMILES string of the molecule is CCCn1c(=O)n(CCC(=O)OCC(=O)NC2CC2)c2ccccc21. The highest BCUT2D eigenvalue weighted by molar-refractivity contribution is 5.81. The van der Waals surface area contributed by atoms with Gasteiger partial charge in [-0.15, -0.1) is 0 Å². The van der Waals surface area contributed by atoms with Gasteiger partial charge in [0, 0.05) is 19.1 Å². The number of fused-ring (bicyclic) bond motifs is 1. The van der Waals surface area contributed by atoms with Gasteiger partial charge in [0.15, 0.2) is 6.61 Å². The van der Waals surface area contributed by atoms with E-state index in [1.807, 2.05) is 31.2 Å². The highest BCUT2D eigenvalue weighted by Gasteiger charge is 2.23. The van der Waals surface area contributed by atoms with Crippen molar-refractivity contribution in [1.82, 2.24) is 14.5 Å². The van der Waals surface area contributed by atoms with Gasteiger partial charge in [0.05, 0.1) is 17.5 Å². The lowest BCUT2D eigenvalue weighted by atomic mass is 10.3. The van der Waals surface area contributed by atoms with Gasteiger partial charge in [0.1, 0.15) is 0 Å². The Hall–Kier alpha value is -2.57. The fraction of sp³-hybridized carbons (Fsp3) is 0.500. The number of nitrogens with one attached hydrogen (secondary N) is 1.